The van der Waals surface area contributed by atoms with E-state index in [1.54, 1.807) is 17.8 Å². The second kappa shape index (κ2) is 10.1. The van der Waals surface area contributed by atoms with Crippen molar-refractivity contribution in [2.75, 3.05) is 30.7 Å². The van der Waals surface area contributed by atoms with Crippen molar-refractivity contribution in [1.82, 2.24) is 20.4 Å². The largest absolute Gasteiger partial charge is 0.356 e. The third-order valence-corrected chi connectivity index (χ3v) is 8.51. The highest BCUT2D eigenvalue weighted by Crippen LogP contribution is 2.46. The number of aromatic nitrogens is 2. The molecule has 0 aliphatic heterocycles. The molecule has 2 saturated carbocycles. The molecule has 11 heteroatoms. The minimum absolute atomic E-state index is 0.0474. The molecule has 1 aromatic heterocycles. The van der Waals surface area contributed by atoms with Gasteiger partial charge in [-0.15, -0.1) is 0 Å². The molecule has 0 unspecified atom stereocenters. The van der Waals surface area contributed by atoms with E-state index in [9.17, 15) is 18.0 Å². The Labute approximate surface area is 224 Å². The van der Waals surface area contributed by atoms with Gasteiger partial charge in [0, 0.05) is 35.9 Å². The number of amides is 2. The van der Waals surface area contributed by atoms with Crippen LogP contribution in [0.3, 0.4) is 0 Å². The van der Waals surface area contributed by atoms with Crippen molar-refractivity contribution >= 4 is 54.4 Å². The molecule has 37 heavy (non-hydrogen) atoms. The van der Waals surface area contributed by atoms with Crippen molar-refractivity contribution in [1.29, 1.82) is 0 Å². The zero-order valence-electron chi connectivity index (χ0n) is 20.8. The number of rotatable bonds is 10. The molecule has 2 aromatic carbocycles. The van der Waals surface area contributed by atoms with Gasteiger partial charge >= 0.3 is 0 Å². The molecule has 0 atom stereocenters. The molecule has 2 aliphatic carbocycles. The Bertz CT molecular complexity index is 1460. The Kier molecular flexibility index (Phi) is 7.01. The number of benzene rings is 2. The lowest BCUT2D eigenvalue weighted by Crippen LogP contribution is -2.34. The molecule has 9 nitrogen and oxygen atoms in total. The monoisotopic (exact) mass is 587 g/mol. The first-order valence-electron chi connectivity index (χ1n) is 12.5. The van der Waals surface area contributed by atoms with Crippen LogP contribution in [-0.2, 0) is 14.8 Å². The average molecular weight is 589 g/mol. The van der Waals surface area contributed by atoms with Crippen LogP contribution in [0.4, 0.5) is 5.69 Å². The van der Waals surface area contributed by atoms with Crippen molar-refractivity contribution < 1.29 is 18.0 Å². The summed E-state index contributed by atoms with van der Waals surface area (Å²) >= 11 is 3.44. The summed E-state index contributed by atoms with van der Waals surface area (Å²) in [6.45, 7) is 0.659. The van der Waals surface area contributed by atoms with Gasteiger partial charge in [0.15, 0.2) is 0 Å². The first kappa shape index (κ1) is 25.7. The Hall–Kier alpha value is -2.92. The van der Waals surface area contributed by atoms with Crippen molar-refractivity contribution in [3.63, 3.8) is 0 Å². The summed E-state index contributed by atoms with van der Waals surface area (Å²) in [5, 5.41) is 11.0. The van der Waals surface area contributed by atoms with Crippen LogP contribution in [0, 0.1) is 5.92 Å². The van der Waals surface area contributed by atoms with Gasteiger partial charge in [0.05, 0.1) is 23.1 Å². The molecule has 5 rings (SSSR count). The zero-order chi connectivity index (χ0) is 26.3. The molecule has 2 N–H and O–H groups in total. The van der Waals surface area contributed by atoms with E-state index >= 15 is 0 Å². The quantitative estimate of drug-likeness (QED) is 0.351. The first-order valence-corrected chi connectivity index (χ1v) is 15.1. The molecule has 0 bridgehead atoms. The number of hydrogen-bond acceptors (Lipinski definition) is 5. The lowest BCUT2D eigenvalue weighted by molar-refractivity contribution is -0.122. The maximum Gasteiger partial charge on any atom is 0.270 e. The van der Waals surface area contributed by atoms with Crippen LogP contribution >= 0.6 is 15.9 Å². The first-order chi connectivity index (χ1) is 17.7. The van der Waals surface area contributed by atoms with E-state index in [0.29, 0.717) is 35.2 Å². The van der Waals surface area contributed by atoms with E-state index in [2.05, 4.69) is 26.6 Å². The molecule has 0 saturated heterocycles. The molecule has 2 fully saturated rings. The SMILES string of the molecule is CNC(=O)c1c2cc(C3CC3)c(N(CCCNC(=O)C3CC3)S(C)(=O)=O)cc2nn1-c1ccc(Br)cc1. The van der Waals surface area contributed by atoms with Gasteiger partial charge in [-0.25, -0.2) is 13.1 Å². The number of carbonyl (C=O) groups excluding carboxylic acids is 2. The number of fused-ring (bicyclic) bond motifs is 1. The molecular weight excluding hydrogens is 558 g/mol. The number of sulfonamides is 1. The van der Waals surface area contributed by atoms with Gasteiger partial charge in [-0.2, -0.15) is 5.10 Å². The Morgan fingerprint density at radius 2 is 1.84 bits per heavy atom. The van der Waals surface area contributed by atoms with E-state index < -0.39 is 10.0 Å². The highest BCUT2D eigenvalue weighted by atomic mass is 79.9. The lowest BCUT2D eigenvalue weighted by atomic mass is 10.0. The second-order valence-electron chi connectivity index (χ2n) is 9.77. The fourth-order valence-corrected chi connectivity index (χ4v) is 5.81. The Balaban J connectivity index is 1.55. The van der Waals surface area contributed by atoms with Crippen molar-refractivity contribution in [3.05, 3.63) is 52.1 Å². The summed E-state index contributed by atoms with van der Waals surface area (Å²) in [6.07, 6.45) is 5.47. The number of nitrogens with zero attached hydrogens (tertiary/aromatic N) is 3. The molecule has 3 aromatic rings. The average Bonchev–Trinajstić information content (AvgIpc) is 3.78. The Morgan fingerprint density at radius 3 is 2.43 bits per heavy atom. The van der Waals surface area contributed by atoms with Crippen LogP contribution in [0.2, 0.25) is 0 Å². The third kappa shape index (κ3) is 5.52. The van der Waals surface area contributed by atoms with Crippen LogP contribution in [0.5, 0.6) is 0 Å². The van der Waals surface area contributed by atoms with Gasteiger partial charge in [-0.1, -0.05) is 15.9 Å². The van der Waals surface area contributed by atoms with E-state index in [0.717, 1.165) is 41.4 Å². The molecular formula is C26H30BrN5O4S. The maximum absolute atomic E-state index is 13.0. The highest BCUT2D eigenvalue weighted by molar-refractivity contribution is 9.10. The van der Waals surface area contributed by atoms with E-state index in [-0.39, 0.29) is 30.2 Å². The topological polar surface area (TPSA) is 113 Å². The molecule has 2 aliphatic rings. The summed E-state index contributed by atoms with van der Waals surface area (Å²) in [4.78, 5) is 25.0. The summed E-state index contributed by atoms with van der Waals surface area (Å²) in [5.74, 6) is 0.120. The number of halogens is 1. The molecule has 0 radical (unpaired) electrons. The van der Waals surface area contributed by atoms with Crippen LogP contribution in [0.1, 0.15) is 54.1 Å². The summed E-state index contributed by atoms with van der Waals surface area (Å²) < 4.78 is 29.8. The normalized spacial score (nSPS) is 15.5. The summed E-state index contributed by atoms with van der Waals surface area (Å²) in [5.41, 5.74) is 3.16. The summed E-state index contributed by atoms with van der Waals surface area (Å²) in [7, 11) is -2.02. The standard InChI is InChI=1S/C26H30BrN5O4S/c1-28-26(34)24-21-14-20(16-4-5-16)23(15-22(21)30-32(24)19-10-8-18(27)9-11-19)31(37(2,35)36)13-3-12-29-25(33)17-6-7-17/h8-11,14-17H,3-7,12-13H2,1-2H3,(H,28,34)(H,29,33). The van der Waals surface area contributed by atoms with E-state index in [1.807, 2.05) is 30.3 Å². The summed E-state index contributed by atoms with van der Waals surface area (Å²) in [6, 6.07) is 11.2. The maximum atomic E-state index is 13.0. The number of carbonyl (C=O) groups is 2. The van der Waals surface area contributed by atoms with Gasteiger partial charge in [0.2, 0.25) is 15.9 Å². The van der Waals surface area contributed by atoms with Crippen molar-refractivity contribution in [3.8, 4) is 5.69 Å². The van der Waals surface area contributed by atoms with Gasteiger partial charge in [-0.3, -0.25) is 13.9 Å². The molecule has 0 spiro atoms. The number of nitrogens with one attached hydrogen (secondary N) is 2. The third-order valence-electron chi connectivity index (χ3n) is 6.80. The highest BCUT2D eigenvalue weighted by Gasteiger charge is 2.33. The zero-order valence-corrected chi connectivity index (χ0v) is 23.2. The minimum atomic E-state index is -3.60. The second-order valence-corrected chi connectivity index (χ2v) is 12.6. The minimum Gasteiger partial charge on any atom is -0.356 e. The smallest absolute Gasteiger partial charge is 0.270 e. The lowest BCUT2D eigenvalue weighted by Gasteiger charge is -2.25. The molecule has 196 valence electrons. The fraction of sp³-hybridized carbons (Fsp3) is 0.423. The van der Waals surface area contributed by atoms with Crippen molar-refractivity contribution in [2.45, 2.75) is 38.0 Å². The van der Waals surface area contributed by atoms with Gasteiger partial charge in [-0.05, 0) is 80.0 Å². The predicted molar refractivity (Wildman–Crippen MR) is 147 cm³/mol. The van der Waals surface area contributed by atoms with Gasteiger partial charge in [0.25, 0.3) is 5.91 Å². The molecule has 2 amide bonds. The van der Waals surface area contributed by atoms with E-state index in [1.165, 1.54) is 10.6 Å². The number of hydrogen-bond donors (Lipinski definition) is 2. The van der Waals surface area contributed by atoms with Crippen molar-refractivity contribution in [2.24, 2.45) is 5.92 Å². The van der Waals surface area contributed by atoms with Crippen LogP contribution < -0.4 is 14.9 Å². The van der Waals surface area contributed by atoms with Gasteiger partial charge in [0.1, 0.15) is 5.69 Å². The van der Waals surface area contributed by atoms with Gasteiger partial charge < -0.3 is 10.6 Å². The van der Waals surface area contributed by atoms with Crippen LogP contribution in [0.15, 0.2) is 40.9 Å². The van der Waals surface area contributed by atoms with Crippen LogP contribution in [-0.4, -0.2) is 56.4 Å². The fourth-order valence-electron chi connectivity index (χ4n) is 4.57. The predicted octanol–water partition coefficient (Wildman–Crippen LogP) is 3.71. The van der Waals surface area contributed by atoms with Crippen LogP contribution in [0.25, 0.3) is 16.6 Å². The van der Waals surface area contributed by atoms with E-state index in [4.69, 9.17) is 5.10 Å². The Morgan fingerprint density at radius 1 is 1.14 bits per heavy atom. The number of anilines is 1. The molecule has 1 heterocycles.